The lowest BCUT2D eigenvalue weighted by Gasteiger charge is -2.00. The first-order valence-electron chi connectivity index (χ1n) is 4.73. The Bertz CT molecular complexity index is 500. The monoisotopic (exact) mass is 197 g/mol. The molecular weight excluding hydrogens is 188 g/mol. The molecule has 2 aromatic carbocycles. The van der Waals surface area contributed by atoms with Gasteiger partial charge < -0.3 is 0 Å². The standard InChI is InChI=1S/C13H9S/c14-13-7-3-6-11-10-5-2-1-4-9(10)8-12(11)13/h1-7H,8H2. The third-order valence-electron chi connectivity index (χ3n) is 2.81. The van der Waals surface area contributed by atoms with Gasteiger partial charge in [-0.15, -0.1) is 0 Å². The van der Waals surface area contributed by atoms with Crippen LogP contribution >= 0.6 is 12.6 Å². The fourth-order valence-corrected chi connectivity index (χ4v) is 2.39. The van der Waals surface area contributed by atoms with Crippen molar-refractivity contribution in [1.82, 2.24) is 0 Å². The van der Waals surface area contributed by atoms with Crippen molar-refractivity contribution >= 4 is 12.6 Å². The van der Waals surface area contributed by atoms with Crippen LogP contribution in [0.15, 0.2) is 47.4 Å². The fraction of sp³-hybridized carbons (Fsp3) is 0.0769. The highest BCUT2D eigenvalue weighted by Gasteiger charge is 2.19. The van der Waals surface area contributed by atoms with Crippen LogP contribution in [0.5, 0.6) is 0 Å². The van der Waals surface area contributed by atoms with Gasteiger partial charge in [0.2, 0.25) is 0 Å². The van der Waals surface area contributed by atoms with E-state index in [0.717, 1.165) is 11.3 Å². The summed E-state index contributed by atoms with van der Waals surface area (Å²) >= 11 is 5.33. The van der Waals surface area contributed by atoms with E-state index >= 15 is 0 Å². The van der Waals surface area contributed by atoms with E-state index in [1.807, 2.05) is 12.1 Å². The summed E-state index contributed by atoms with van der Waals surface area (Å²) < 4.78 is 0. The maximum atomic E-state index is 5.33. The van der Waals surface area contributed by atoms with E-state index in [4.69, 9.17) is 12.6 Å². The van der Waals surface area contributed by atoms with Gasteiger partial charge in [0.25, 0.3) is 0 Å². The largest absolute Gasteiger partial charge is 0.0798 e. The van der Waals surface area contributed by atoms with Crippen molar-refractivity contribution in [3.8, 4) is 11.1 Å². The molecule has 0 spiro atoms. The van der Waals surface area contributed by atoms with Crippen LogP contribution < -0.4 is 0 Å². The number of fused-ring (bicyclic) bond motifs is 3. The molecule has 0 heterocycles. The zero-order valence-corrected chi connectivity index (χ0v) is 8.47. The van der Waals surface area contributed by atoms with Gasteiger partial charge in [0.1, 0.15) is 0 Å². The molecule has 14 heavy (non-hydrogen) atoms. The smallest absolute Gasteiger partial charge is 0.0418 e. The molecule has 0 saturated heterocycles. The van der Waals surface area contributed by atoms with Crippen molar-refractivity contribution in [3.05, 3.63) is 53.6 Å². The molecule has 0 saturated carbocycles. The van der Waals surface area contributed by atoms with E-state index in [0.29, 0.717) is 0 Å². The van der Waals surface area contributed by atoms with Gasteiger partial charge in [0, 0.05) is 11.3 Å². The Kier molecular flexibility index (Phi) is 1.62. The van der Waals surface area contributed by atoms with Crippen molar-refractivity contribution in [2.24, 2.45) is 0 Å². The first-order valence-corrected chi connectivity index (χ1v) is 5.14. The van der Waals surface area contributed by atoms with E-state index in [2.05, 4.69) is 30.3 Å². The zero-order chi connectivity index (χ0) is 9.54. The summed E-state index contributed by atoms with van der Waals surface area (Å²) in [5.74, 6) is 0. The van der Waals surface area contributed by atoms with Gasteiger partial charge in [-0.1, -0.05) is 49.0 Å². The topological polar surface area (TPSA) is 0 Å². The normalized spacial score (nSPS) is 12.3. The van der Waals surface area contributed by atoms with E-state index in [1.165, 1.54) is 22.3 Å². The summed E-state index contributed by atoms with van der Waals surface area (Å²) in [4.78, 5) is 0.999. The van der Waals surface area contributed by atoms with E-state index < -0.39 is 0 Å². The van der Waals surface area contributed by atoms with E-state index in [1.54, 1.807) is 0 Å². The molecule has 0 N–H and O–H groups in total. The van der Waals surface area contributed by atoms with Gasteiger partial charge in [0.15, 0.2) is 0 Å². The molecule has 2 aromatic rings. The second kappa shape index (κ2) is 2.82. The van der Waals surface area contributed by atoms with Crippen LogP contribution in [0.2, 0.25) is 0 Å². The van der Waals surface area contributed by atoms with Crippen LogP contribution in [0.25, 0.3) is 11.1 Å². The van der Waals surface area contributed by atoms with Crippen molar-refractivity contribution in [2.45, 2.75) is 11.3 Å². The third-order valence-corrected chi connectivity index (χ3v) is 3.19. The van der Waals surface area contributed by atoms with Crippen LogP contribution in [0.3, 0.4) is 0 Å². The van der Waals surface area contributed by atoms with E-state index in [-0.39, 0.29) is 0 Å². The van der Waals surface area contributed by atoms with Gasteiger partial charge >= 0.3 is 0 Å². The molecule has 0 amide bonds. The molecule has 0 atom stereocenters. The summed E-state index contributed by atoms with van der Waals surface area (Å²) in [6, 6.07) is 14.8. The first kappa shape index (κ1) is 8.01. The fourth-order valence-electron chi connectivity index (χ4n) is 2.13. The Morgan fingerprint density at radius 3 is 2.57 bits per heavy atom. The summed E-state index contributed by atoms with van der Waals surface area (Å²) in [7, 11) is 0. The predicted octanol–water partition coefficient (Wildman–Crippen LogP) is 3.81. The molecule has 1 aliphatic rings. The van der Waals surface area contributed by atoms with E-state index in [9.17, 15) is 0 Å². The Morgan fingerprint density at radius 1 is 0.857 bits per heavy atom. The lowest BCUT2D eigenvalue weighted by Crippen LogP contribution is -1.81. The number of hydrogen-bond donors (Lipinski definition) is 0. The summed E-state index contributed by atoms with van der Waals surface area (Å²) in [6.07, 6.45) is 1.01. The molecule has 0 fully saturated rings. The van der Waals surface area contributed by atoms with Crippen LogP contribution in [0.4, 0.5) is 0 Å². The molecule has 0 unspecified atom stereocenters. The first-order chi connectivity index (χ1) is 6.86. The van der Waals surface area contributed by atoms with Crippen LogP contribution in [-0.2, 0) is 6.42 Å². The zero-order valence-electron chi connectivity index (χ0n) is 7.66. The summed E-state index contributed by atoms with van der Waals surface area (Å²) in [6.45, 7) is 0. The molecule has 67 valence electrons. The SMILES string of the molecule is [S]c1cccc2c1Cc1ccccc1-2. The van der Waals surface area contributed by atoms with Gasteiger partial charge in [-0.05, 0) is 28.3 Å². The van der Waals surface area contributed by atoms with Crippen LogP contribution in [0, 0.1) is 0 Å². The predicted molar refractivity (Wildman–Crippen MR) is 60.5 cm³/mol. The number of benzene rings is 2. The Hall–Kier alpha value is -1.34. The second-order valence-corrected chi connectivity index (χ2v) is 4.06. The number of hydrogen-bond acceptors (Lipinski definition) is 0. The van der Waals surface area contributed by atoms with Gasteiger partial charge in [-0.25, -0.2) is 0 Å². The van der Waals surface area contributed by atoms with Gasteiger partial charge in [-0.3, -0.25) is 0 Å². The minimum atomic E-state index is 0.999. The minimum absolute atomic E-state index is 0.999. The Labute approximate surface area is 89.0 Å². The van der Waals surface area contributed by atoms with Crippen LogP contribution in [-0.4, -0.2) is 0 Å². The summed E-state index contributed by atoms with van der Waals surface area (Å²) in [5.41, 5.74) is 5.41. The van der Waals surface area contributed by atoms with Crippen molar-refractivity contribution < 1.29 is 0 Å². The maximum Gasteiger partial charge on any atom is 0.0418 e. The second-order valence-electron chi connectivity index (χ2n) is 3.62. The van der Waals surface area contributed by atoms with Gasteiger partial charge in [-0.2, -0.15) is 0 Å². The lowest BCUT2D eigenvalue weighted by molar-refractivity contribution is 1.19. The molecule has 0 aliphatic heterocycles. The quantitative estimate of drug-likeness (QED) is 0.514. The lowest BCUT2D eigenvalue weighted by atomic mass is 10.1. The number of rotatable bonds is 0. The highest BCUT2D eigenvalue weighted by molar-refractivity contribution is 7.80. The maximum absolute atomic E-state index is 5.33. The highest BCUT2D eigenvalue weighted by Crippen LogP contribution is 2.38. The minimum Gasteiger partial charge on any atom is -0.0798 e. The molecule has 0 bridgehead atoms. The van der Waals surface area contributed by atoms with Crippen molar-refractivity contribution in [2.75, 3.05) is 0 Å². The molecule has 0 aromatic heterocycles. The molecule has 1 radical (unpaired) electrons. The highest BCUT2D eigenvalue weighted by atomic mass is 32.1. The molecule has 1 aliphatic carbocycles. The molecule has 1 heteroatoms. The average Bonchev–Trinajstić information content (AvgIpc) is 2.59. The average molecular weight is 197 g/mol. The Morgan fingerprint density at radius 2 is 1.64 bits per heavy atom. The summed E-state index contributed by atoms with van der Waals surface area (Å²) in [5, 5.41) is 0. The van der Waals surface area contributed by atoms with Crippen LogP contribution in [0.1, 0.15) is 11.1 Å². The molecule has 0 nitrogen and oxygen atoms in total. The van der Waals surface area contributed by atoms with Crippen molar-refractivity contribution in [1.29, 1.82) is 0 Å². The third kappa shape index (κ3) is 0.992. The molecule has 3 rings (SSSR count). The Balaban J connectivity index is 2.33. The molecular formula is C13H9S. The van der Waals surface area contributed by atoms with Crippen molar-refractivity contribution in [3.63, 3.8) is 0 Å². The van der Waals surface area contributed by atoms with Gasteiger partial charge in [0.05, 0.1) is 0 Å².